The molecule has 0 bridgehead atoms. The van der Waals surface area contributed by atoms with Crippen molar-refractivity contribution in [2.75, 3.05) is 13.7 Å². The minimum atomic E-state index is -1.52. The van der Waals surface area contributed by atoms with Crippen LogP contribution >= 0.6 is 0 Å². The van der Waals surface area contributed by atoms with Crippen molar-refractivity contribution in [2.24, 2.45) is 0 Å². The number of rotatable bonds is 8. The first-order valence-electron chi connectivity index (χ1n) is 5.62. The molecule has 0 radical (unpaired) electrons. The summed E-state index contributed by atoms with van der Waals surface area (Å²) >= 11 is 0. The highest BCUT2D eigenvalue weighted by Gasteiger charge is 2.24. The highest BCUT2D eigenvalue weighted by molar-refractivity contribution is 5.75. The Hall–Kier alpha value is -1.14. The number of aliphatic hydroxyl groups excluding tert-OH is 2. The summed E-state index contributed by atoms with van der Waals surface area (Å²) in [6, 6.07) is 0. The van der Waals surface area contributed by atoms with E-state index in [1.807, 2.05) is 0 Å². The lowest BCUT2D eigenvalue weighted by Gasteiger charge is -2.15. The molecule has 0 saturated heterocycles. The summed E-state index contributed by atoms with van der Waals surface area (Å²) in [6.45, 7) is 1.78. The van der Waals surface area contributed by atoms with Crippen LogP contribution in [0.25, 0.3) is 0 Å². The molecule has 2 atom stereocenters. The minimum Gasteiger partial charge on any atom is -0.469 e. The number of carbonyl (C=O) groups is 2. The standard InChI is InChI=1S/C11H20O6/c1-3-17-11(15)10(14)8(12)6-4-5-7-9(13)16-2/h8,10,12,14H,3-7H2,1-2H3/t8-,10+/m0/s1. The van der Waals surface area contributed by atoms with Gasteiger partial charge in [-0.2, -0.15) is 0 Å². The summed E-state index contributed by atoms with van der Waals surface area (Å²) in [5.74, 6) is -1.14. The number of hydrogen-bond acceptors (Lipinski definition) is 6. The summed E-state index contributed by atoms with van der Waals surface area (Å²) in [5, 5.41) is 18.8. The van der Waals surface area contributed by atoms with E-state index < -0.39 is 18.2 Å². The van der Waals surface area contributed by atoms with E-state index in [-0.39, 0.29) is 25.4 Å². The number of unbranched alkanes of at least 4 members (excludes halogenated alkanes) is 1. The van der Waals surface area contributed by atoms with Crippen molar-refractivity contribution in [2.45, 2.75) is 44.8 Å². The third-order valence-electron chi connectivity index (χ3n) is 2.25. The minimum absolute atomic E-state index is 0.158. The average Bonchev–Trinajstić information content (AvgIpc) is 2.33. The van der Waals surface area contributed by atoms with Crippen LogP contribution in [-0.4, -0.2) is 48.1 Å². The molecule has 100 valence electrons. The highest BCUT2D eigenvalue weighted by Crippen LogP contribution is 2.08. The summed E-state index contributed by atoms with van der Waals surface area (Å²) in [7, 11) is 1.31. The molecule has 0 aromatic rings. The Balaban J connectivity index is 3.74. The van der Waals surface area contributed by atoms with E-state index in [0.717, 1.165) is 0 Å². The first kappa shape index (κ1) is 15.9. The molecule has 0 unspecified atom stereocenters. The van der Waals surface area contributed by atoms with Crippen molar-refractivity contribution in [1.29, 1.82) is 0 Å². The summed E-state index contributed by atoms with van der Waals surface area (Å²) < 4.78 is 9.01. The number of carbonyl (C=O) groups excluding carboxylic acids is 2. The molecule has 6 nitrogen and oxygen atoms in total. The van der Waals surface area contributed by atoms with E-state index in [2.05, 4.69) is 9.47 Å². The molecule has 0 spiro atoms. The van der Waals surface area contributed by atoms with E-state index in [4.69, 9.17) is 0 Å². The number of esters is 2. The van der Waals surface area contributed by atoms with Gasteiger partial charge in [-0.15, -0.1) is 0 Å². The summed E-state index contributed by atoms with van der Waals surface area (Å²) in [6.07, 6.45) is -1.12. The largest absolute Gasteiger partial charge is 0.469 e. The van der Waals surface area contributed by atoms with Gasteiger partial charge in [0.15, 0.2) is 6.10 Å². The molecule has 0 aliphatic carbocycles. The Labute approximate surface area is 101 Å². The number of aliphatic hydroxyl groups is 2. The van der Waals surface area contributed by atoms with Gasteiger partial charge >= 0.3 is 11.9 Å². The molecule has 0 aliphatic rings. The lowest BCUT2D eigenvalue weighted by atomic mass is 10.1. The van der Waals surface area contributed by atoms with Crippen LogP contribution in [0.2, 0.25) is 0 Å². The quantitative estimate of drug-likeness (QED) is 0.464. The normalized spacial score (nSPS) is 13.9. The monoisotopic (exact) mass is 248 g/mol. The predicted molar refractivity (Wildman–Crippen MR) is 59.1 cm³/mol. The second-order valence-corrected chi connectivity index (χ2v) is 3.59. The van der Waals surface area contributed by atoms with Crippen molar-refractivity contribution in [3.8, 4) is 0 Å². The molecular formula is C11H20O6. The lowest BCUT2D eigenvalue weighted by molar-refractivity contribution is -0.159. The Kier molecular flexibility index (Phi) is 8.35. The molecular weight excluding hydrogens is 228 g/mol. The lowest BCUT2D eigenvalue weighted by Crippen LogP contribution is -2.35. The summed E-state index contributed by atoms with van der Waals surface area (Å²) in [4.78, 5) is 21.8. The molecule has 0 heterocycles. The zero-order chi connectivity index (χ0) is 13.3. The van der Waals surface area contributed by atoms with Gasteiger partial charge in [0, 0.05) is 6.42 Å². The zero-order valence-corrected chi connectivity index (χ0v) is 10.2. The van der Waals surface area contributed by atoms with Crippen LogP contribution in [-0.2, 0) is 19.1 Å². The molecule has 0 aliphatic heterocycles. The van der Waals surface area contributed by atoms with Crippen molar-refractivity contribution < 1.29 is 29.3 Å². The van der Waals surface area contributed by atoms with E-state index >= 15 is 0 Å². The second-order valence-electron chi connectivity index (χ2n) is 3.59. The number of hydrogen-bond donors (Lipinski definition) is 2. The molecule has 0 fully saturated rings. The first-order valence-corrected chi connectivity index (χ1v) is 5.62. The van der Waals surface area contributed by atoms with Gasteiger partial charge in [0.25, 0.3) is 0 Å². The maximum absolute atomic E-state index is 11.1. The average molecular weight is 248 g/mol. The SMILES string of the molecule is CCOC(=O)[C@H](O)[C@@H](O)CCCCC(=O)OC. The van der Waals surface area contributed by atoms with E-state index in [1.165, 1.54) is 7.11 Å². The van der Waals surface area contributed by atoms with Crippen LogP contribution in [0.1, 0.15) is 32.6 Å². The molecule has 0 rings (SSSR count). The third kappa shape index (κ3) is 6.91. The van der Waals surface area contributed by atoms with Crippen molar-refractivity contribution in [1.82, 2.24) is 0 Å². The van der Waals surface area contributed by atoms with Crippen molar-refractivity contribution in [3.63, 3.8) is 0 Å². The molecule has 17 heavy (non-hydrogen) atoms. The molecule has 6 heteroatoms. The van der Waals surface area contributed by atoms with Crippen LogP contribution in [0.15, 0.2) is 0 Å². The highest BCUT2D eigenvalue weighted by atomic mass is 16.5. The van der Waals surface area contributed by atoms with Crippen LogP contribution < -0.4 is 0 Å². The predicted octanol–water partition coefficient (Wildman–Crippen LogP) is 0.00470. The molecule has 2 N–H and O–H groups in total. The topological polar surface area (TPSA) is 93.1 Å². The fourth-order valence-corrected chi connectivity index (χ4v) is 1.27. The van der Waals surface area contributed by atoms with Gasteiger partial charge in [0.2, 0.25) is 0 Å². The van der Waals surface area contributed by atoms with Gasteiger partial charge < -0.3 is 19.7 Å². The van der Waals surface area contributed by atoms with Crippen molar-refractivity contribution >= 4 is 11.9 Å². The Bertz CT molecular complexity index is 240. The molecule has 0 aromatic carbocycles. The van der Waals surface area contributed by atoms with Crippen molar-refractivity contribution in [3.05, 3.63) is 0 Å². The number of ether oxygens (including phenoxy) is 2. The fourth-order valence-electron chi connectivity index (χ4n) is 1.27. The van der Waals surface area contributed by atoms with E-state index in [0.29, 0.717) is 12.8 Å². The fraction of sp³-hybridized carbons (Fsp3) is 0.818. The molecule has 0 amide bonds. The van der Waals surface area contributed by atoms with Gasteiger partial charge in [-0.25, -0.2) is 4.79 Å². The van der Waals surface area contributed by atoms with Gasteiger partial charge in [-0.05, 0) is 19.8 Å². The van der Waals surface area contributed by atoms with Gasteiger partial charge in [-0.3, -0.25) is 4.79 Å². The molecule has 0 saturated carbocycles. The van der Waals surface area contributed by atoms with Gasteiger partial charge in [-0.1, -0.05) is 6.42 Å². The maximum Gasteiger partial charge on any atom is 0.337 e. The van der Waals surface area contributed by atoms with Crippen LogP contribution in [0.4, 0.5) is 0 Å². The molecule has 0 aromatic heterocycles. The maximum atomic E-state index is 11.1. The Morgan fingerprint density at radius 3 is 2.41 bits per heavy atom. The van der Waals surface area contributed by atoms with Crippen LogP contribution in [0, 0.1) is 0 Å². The van der Waals surface area contributed by atoms with Crippen LogP contribution in [0.5, 0.6) is 0 Å². The van der Waals surface area contributed by atoms with E-state index in [1.54, 1.807) is 6.92 Å². The summed E-state index contributed by atoms with van der Waals surface area (Å²) in [5.41, 5.74) is 0. The van der Waals surface area contributed by atoms with Gasteiger partial charge in [0.1, 0.15) is 0 Å². The van der Waals surface area contributed by atoms with E-state index in [9.17, 15) is 19.8 Å². The smallest absolute Gasteiger partial charge is 0.337 e. The number of methoxy groups -OCH3 is 1. The Morgan fingerprint density at radius 2 is 1.88 bits per heavy atom. The Morgan fingerprint density at radius 1 is 1.24 bits per heavy atom. The third-order valence-corrected chi connectivity index (χ3v) is 2.25. The van der Waals surface area contributed by atoms with Crippen LogP contribution in [0.3, 0.4) is 0 Å². The van der Waals surface area contributed by atoms with Gasteiger partial charge in [0.05, 0.1) is 19.8 Å². The zero-order valence-electron chi connectivity index (χ0n) is 10.2. The second kappa shape index (κ2) is 8.95. The first-order chi connectivity index (χ1) is 8.02.